The lowest BCUT2D eigenvalue weighted by atomic mass is 9.82. The Hall–Kier alpha value is -3.47. The molecular formula is C25H24N2O3. The molecule has 0 saturated heterocycles. The number of ether oxygens (including phenoxy) is 2. The molecule has 0 spiro atoms. The van der Waals surface area contributed by atoms with Gasteiger partial charge in [0, 0.05) is 29.4 Å². The fourth-order valence-corrected chi connectivity index (χ4v) is 4.64. The van der Waals surface area contributed by atoms with Gasteiger partial charge in [0.2, 0.25) is 0 Å². The van der Waals surface area contributed by atoms with Crippen LogP contribution in [0.4, 0.5) is 5.69 Å². The van der Waals surface area contributed by atoms with Crippen molar-refractivity contribution in [2.75, 3.05) is 19.5 Å². The first-order valence-electron chi connectivity index (χ1n) is 10.2. The smallest absolute Gasteiger partial charge is 0.256 e. The summed E-state index contributed by atoms with van der Waals surface area (Å²) >= 11 is 0. The van der Waals surface area contributed by atoms with Gasteiger partial charge < -0.3 is 19.8 Å². The van der Waals surface area contributed by atoms with Crippen molar-refractivity contribution in [3.05, 3.63) is 76.6 Å². The number of hydrogen-bond donors (Lipinski definition) is 2. The van der Waals surface area contributed by atoms with Crippen molar-refractivity contribution in [3.8, 4) is 11.5 Å². The molecule has 1 amide bonds. The zero-order chi connectivity index (χ0) is 20.7. The highest BCUT2D eigenvalue weighted by Crippen LogP contribution is 2.43. The zero-order valence-corrected chi connectivity index (χ0v) is 17.1. The van der Waals surface area contributed by atoms with Gasteiger partial charge in [0.1, 0.15) is 11.5 Å². The van der Waals surface area contributed by atoms with Gasteiger partial charge in [-0.3, -0.25) is 4.79 Å². The second-order valence-corrected chi connectivity index (χ2v) is 7.78. The maximum absolute atomic E-state index is 12.7. The van der Waals surface area contributed by atoms with E-state index in [1.165, 1.54) is 16.8 Å². The third-order valence-electron chi connectivity index (χ3n) is 6.04. The lowest BCUT2D eigenvalue weighted by Crippen LogP contribution is -2.09. The monoisotopic (exact) mass is 400 g/mol. The summed E-state index contributed by atoms with van der Waals surface area (Å²) in [7, 11) is 3.20. The first kappa shape index (κ1) is 18.6. The first-order chi connectivity index (χ1) is 14.7. The van der Waals surface area contributed by atoms with Crippen LogP contribution in [0.3, 0.4) is 0 Å². The molecule has 0 radical (unpaired) electrons. The molecule has 1 aliphatic carbocycles. The summed E-state index contributed by atoms with van der Waals surface area (Å²) in [6.07, 6.45) is 5.25. The minimum Gasteiger partial charge on any atom is -0.497 e. The molecular weight excluding hydrogens is 376 g/mol. The molecule has 2 aromatic carbocycles. The first-order valence-corrected chi connectivity index (χ1v) is 10.2. The summed E-state index contributed by atoms with van der Waals surface area (Å²) in [6.45, 7) is 0. The van der Waals surface area contributed by atoms with Gasteiger partial charge in [-0.15, -0.1) is 0 Å². The van der Waals surface area contributed by atoms with Crippen LogP contribution in [0.25, 0.3) is 11.6 Å². The number of nitrogens with one attached hydrogen (secondary N) is 2. The summed E-state index contributed by atoms with van der Waals surface area (Å²) < 4.78 is 10.9. The number of H-pyrrole nitrogens is 1. The fourth-order valence-electron chi connectivity index (χ4n) is 4.64. The number of anilines is 1. The largest absolute Gasteiger partial charge is 0.497 e. The minimum absolute atomic E-state index is 0.135. The summed E-state index contributed by atoms with van der Waals surface area (Å²) in [4.78, 5) is 16.3. The molecule has 5 rings (SSSR count). The molecule has 3 aromatic rings. The number of rotatable bonds is 4. The quantitative estimate of drug-likeness (QED) is 0.606. The highest BCUT2D eigenvalue weighted by Gasteiger charge is 2.30. The Morgan fingerprint density at radius 1 is 1.07 bits per heavy atom. The van der Waals surface area contributed by atoms with Crippen LogP contribution in [0.1, 0.15) is 46.8 Å². The van der Waals surface area contributed by atoms with Crippen LogP contribution in [-0.2, 0) is 11.2 Å². The number of aromatic amines is 1. The Morgan fingerprint density at radius 3 is 2.67 bits per heavy atom. The third-order valence-corrected chi connectivity index (χ3v) is 6.04. The van der Waals surface area contributed by atoms with Gasteiger partial charge in [-0.05, 0) is 42.5 Å². The molecule has 2 N–H and O–H groups in total. The number of hydrogen-bond acceptors (Lipinski definition) is 3. The molecule has 1 aromatic heterocycles. The van der Waals surface area contributed by atoms with Gasteiger partial charge in [-0.1, -0.05) is 30.3 Å². The number of methoxy groups -OCH3 is 2. The molecule has 5 nitrogen and oxygen atoms in total. The Bertz CT molecular complexity index is 1140. The standard InChI is InChI=1S/C25H24N2O3/c1-29-17-13-22-24(23(14-17)30-2)20(25(28)27-22)12-16-11-19-18(9-6-10-21(19)26-16)15-7-4-3-5-8-15/h3-5,7-8,11-14,18,26H,6,9-10H2,1-2H3,(H,27,28). The molecule has 30 heavy (non-hydrogen) atoms. The van der Waals surface area contributed by atoms with E-state index in [2.05, 4.69) is 46.7 Å². The Morgan fingerprint density at radius 2 is 1.90 bits per heavy atom. The molecule has 0 fully saturated rings. The van der Waals surface area contributed by atoms with Gasteiger partial charge in [-0.2, -0.15) is 0 Å². The van der Waals surface area contributed by atoms with E-state index in [9.17, 15) is 4.79 Å². The van der Waals surface area contributed by atoms with E-state index in [1.54, 1.807) is 20.3 Å². The van der Waals surface area contributed by atoms with E-state index < -0.39 is 0 Å². The lowest BCUT2D eigenvalue weighted by Gasteiger charge is -2.22. The van der Waals surface area contributed by atoms with Crippen molar-refractivity contribution in [2.45, 2.75) is 25.2 Å². The molecule has 1 atom stereocenters. The van der Waals surface area contributed by atoms with Crippen LogP contribution < -0.4 is 14.8 Å². The average Bonchev–Trinajstić information content (AvgIpc) is 3.33. The van der Waals surface area contributed by atoms with Crippen molar-refractivity contribution in [2.24, 2.45) is 0 Å². The number of carbonyl (C=O) groups excluding carboxylic acids is 1. The van der Waals surface area contributed by atoms with E-state index in [0.29, 0.717) is 28.7 Å². The number of aryl methyl sites for hydroxylation is 1. The molecule has 1 aliphatic heterocycles. The van der Waals surface area contributed by atoms with E-state index in [1.807, 2.05) is 12.1 Å². The number of fused-ring (bicyclic) bond motifs is 2. The molecule has 2 heterocycles. The van der Waals surface area contributed by atoms with Crippen molar-refractivity contribution < 1.29 is 14.3 Å². The van der Waals surface area contributed by atoms with Crippen LogP contribution in [0.2, 0.25) is 0 Å². The molecule has 0 saturated carbocycles. The average molecular weight is 400 g/mol. The fraction of sp³-hybridized carbons (Fsp3) is 0.240. The van der Waals surface area contributed by atoms with Crippen molar-refractivity contribution in [1.82, 2.24) is 4.98 Å². The van der Waals surface area contributed by atoms with Crippen LogP contribution in [-0.4, -0.2) is 25.1 Å². The predicted molar refractivity (Wildman–Crippen MR) is 118 cm³/mol. The van der Waals surface area contributed by atoms with Gasteiger partial charge in [0.05, 0.1) is 31.0 Å². The number of benzene rings is 2. The van der Waals surface area contributed by atoms with Crippen LogP contribution in [0.15, 0.2) is 48.5 Å². The number of aromatic nitrogens is 1. The van der Waals surface area contributed by atoms with Crippen molar-refractivity contribution in [1.29, 1.82) is 0 Å². The molecule has 1 unspecified atom stereocenters. The van der Waals surface area contributed by atoms with Gasteiger partial charge >= 0.3 is 0 Å². The highest BCUT2D eigenvalue weighted by atomic mass is 16.5. The Kier molecular flexibility index (Phi) is 4.58. The molecule has 152 valence electrons. The highest BCUT2D eigenvalue weighted by molar-refractivity contribution is 6.35. The second kappa shape index (κ2) is 7.41. The maximum atomic E-state index is 12.7. The van der Waals surface area contributed by atoms with Gasteiger partial charge in [0.25, 0.3) is 5.91 Å². The summed E-state index contributed by atoms with van der Waals surface area (Å²) in [6, 6.07) is 16.5. The van der Waals surface area contributed by atoms with E-state index in [-0.39, 0.29) is 5.91 Å². The summed E-state index contributed by atoms with van der Waals surface area (Å²) in [5, 5.41) is 2.93. The Balaban J connectivity index is 1.56. The lowest BCUT2D eigenvalue weighted by molar-refractivity contribution is -0.110. The van der Waals surface area contributed by atoms with E-state index in [0.717, 1.165) is 30.5 Å². The second-order valence-electron chi connectivity index (χ2n) is 7.78. The van der Waals surface area contributed by atoms with Gasteiger partial charge in [-0.25, -0.2) is 0 Å². The summed E-state index contributed by atoms with van der Waals surface area (Å²) in [5.74, 6) is 1.52. The summed E-state index contributed by atoms with van der Waals surface area (Å²) in [5.41, 5.74) is 6.96. The van der Waals surface area contributed by atoms with Crippen molar-refractivity contribution >= 4 is 23.2 Å². The zero-order valence-electron chi connectivity index (χ0n) is 17.1. The molecule has 0 bridgehead atoms. The number of carbonyl (C=O) groups is 1. The topological polar surface area (TPSA) is 63.4 Å². The number of amides is 1. The normalized spacial score (nSPS) is 18.7. The molecule has 5 heteroatoms. The maximum Gasteiger partial charge on any atom is 0.256 e. The van der Waals surface area contributed by atoms with Gasteiger partial charge in [0.15, 0.2) is 0 Å². The van der Waals surface area contributed by atoms with Crippen LogP contribution in [0, 0.1) is 0 Å². The van der Waals surface area contributed by atoms with Crippen LogP contribution >= 0.6 is 0 Å². The predicted octanol–water partition coefficient (Wildman–Crippen LogP) is 4.99. The van der Waals surface area contributed by atoms with Crippen molar-refractivity contribution in [3.63, 3.8) is 0 Å². The van der Waals surface area contributed by atoms with E-state index in [4.69, 9.17) is 9.47 Å². The minimum atomic E-state index is -0.135. The Labute approximate surface area is 175 Å². The third kappa shape index (κ3) is 3.07. The molecule has 2 aliphatic rings. The van der Waals surface area contributed by atoms with Crippen LogP contribution in [0.5, 0.6) is 11.5 Å². The van der Waals surface area contributed by atoms with E-state index >= 15 is 0 Å². The SMILES string of the molecule is COc1cc2c(c(OC)c1)C(=Cc1cc3c([nH]1)CCCC3c1ccccc1)C(=O)N2.